The third-order valence-corrected chi connectivity index (χ3v) is 5.02. The molecule has 3 aromatic rings. The van der Waals surface area contributed by atoms with Crippen LogP contribution in [-0.4, -0.2) is 39.7 Å². The van der Waals surface area contributed by atoms with Crippen molar-refractivity contribution in [2.75, 3.05) is 19.5 Å². The summed E-state index contributed by atoms with van der Waals surface area (Å²) in [5.74, 6) is 1.12. The molecule has 2 heterocycles. The highest BCUT2D eigenvalue weighted by Gasteiger charge is 2.09. The largest absolute Gasteiger partial charge is 0.493 e. The number of anilines is 1. The van der Waals surface area contributed by atoms with Gasteiger partial charge in [-0.25, -0.2) is 0 Å². The van der Waals surface area contributed by atoms with Gasteiger partial charge in [0.25, 0.3) is 0 Å². The van der Waals surface area contributed by atoms with Crippen LogP contribution in [0.4, 0.5) is 5.69 Å². The maximum Gasteiger partial charge on any atom is 0.248 e. The van der Waals surface area contributed by atoms with Gasteiger partial charge in [-0.15, -0.1) is 0 Å². The van der Waals surface area contributed by atoms with E-state index >= 15 is 0 Å². The molecular weight excluding hydrogens is 406 g/mol. The zero-order valence-corrected chi connectivity index (χ0v) is 18.1. The molecule has 9 heteroatoms. The number of nitrogens with zero attached hydrogens (tertiary/aromatic N) is 4. The van der Waals surface area contributed by atoms with Gasteiger partial charge in [0.05, 0.1) is 31.8 Å². The topological polar surface area (TPSA) is 83.2 Å². The van der Waals surface area contributed by atoms with Gasteiger partial charge in [-0.05, 0) is 37.1 Å². The van der Waals surface area contributed by atoms with Crippen molar-refractivity contribution in [2.45, 2.75) is 19.9 Å². The van der Waals surface area contributed by atoms with E-state index in [0.717, 1.165) is 23.2 Å². The van der Waals surface area contributed by atoms with Crippen LogP contribution in [0.2, 0.25) is 5.15 Å². The first-order valence-corrected chi connectivity index (χ1v) is 9.70. The summed E-state index contributed by atoms with van der Waals surface area (Å²) < 4.78 is 13.9. The number of rotatable bonds is 8. The summed E-state index contributed by atoms with van der Waals surface area (Å²) in [7, 11) is 4.98. The van der Waals surface area contributed by atoms with Crippen LogP contribution in [0, 0.1) is 6.92 Å². The molecule has 8 nitrogen and oxygen atoms in total. The fourth-order valence-corrected chi connectivity index (χ4v) is 3.25. The molecule has 0 bridgehead atoms. The highest BCUT2D eigenvalue weighted by Crippen LogP contribution is 2.27. The number of aromatic nitrogens is 4. The summed E-state index contributed by atoms with van der Waals surface area (Å²) in [6.45, 7) is 2.50. The quantitative estimate of drug-likeness (QED) is 0.554. The van der Waals surface area contributed by atoms with Gasteiger partial charge in [0.1, 0.15) is 5.15 Å². The Kier molecular flexibility index (Phi) is 6.79. The zero-order valence-electron chi connectivity index (χ0n) is 17.3. The lowest BCUT2D eigenvalue weighted by molar-refractivity contribution is -0.111. The van der Waals surface area contributed by atoms with Crippen LogP contribution < -0.4 is 14.8 Å². The first kappa shape index (κ1) is 21.4. The van der Waals surface area contributed by atoms with Crippen LogP contribution in [0.1, 0.15) is 16.8 Å². The normalized spacial score (nSPS) is 11.1. The van der Waals surface area contributed by atoms with Crippen molar-refractivity contribution in [1.29, 1.82) is 0 Å². The number of methoxy groups -OCH3 is 2. The molecule has 0 saturated carbocycles. The lowest BCUT2D eigenvalue weighted by Gasteiger charge is -2.09. The first-order valence-electron chi connectivity index (χ1n) is 9.32. The highest BCUT2D eigenvalue weighted by atomic mass is 35.5. The Balaban J connectivity index is 1.57. The molecule has 0 unspecified atom stereocenters. The van der Waals surface area contributed by atoms with Crippen molar-refractivity contribution in [1.82, 2.24) is 19.6 Å². The minimum Gasteiger partial charge on any atom is -0.493 e. The Morgan fingerprint density at radius 2 is 2.03 bits per heavy atom. The maximum absolute atomic E-state index is 12.2. The average molecular weight is 430 g/mol. The molecule has 158 valence electrons. The molecular formula is C21H24ClN5O3. The van der Waals surface area contributed by atoms with E-state index in [2.05, 4.69) is 15.5 Å². The number of ether oxygens (including phenoxy) is 2. The molecule has 1 amide bonds. The third kappa shape index (κ3) is 5.01. The second kappa shape index (κ2) is 9.49. The lowest BCUT2D eigenvalue weighted by atomic mass is 10.1. The van der Waals surface area contributed by atoms with E-state index in [4.69, 9.17) is 21.1 Å². The van der Waals surface area contributed by atoms with E-state index < -0.39 is 0 Å². The van der Waals surface area contributed by atoms with E-state index in [1.54, 1.807) is 49.1 Å². The van der Waals surface area contributed by atoms with Gasteiger partial charge < -0.3 is 14.8 Å². The van der Waals surface area contributed by atoms with Crippen LogP contribution in [0.5, 0.6) is 11.5 Å². The van der Waals surface area contributed by atoms with Crippen molar-refractivity contribution in [2.24, 2.45) is 7.05 Å². The third-order valence-electron chi connectivity index (χ3n) is 4.58. The van der Waals surface area contributed by atoms with Gasteiger partial charge >= 0.3 is 0 Å². The SMILES string of the molecule is COc1ccc(CCn2cc(NC(=O)/C=C/c3c(C)nn(C)c3Cl)cn2)cc1OC. The van der Waals surface area contributed by atoms with E-state index in [-0.39, 0.29) is 5.91 Å². The summed E-state index contributed by atoms with van der Waals surface area (Å²) >= 11 is 6.17. The van der Waals surface area contributed by atoms with Crippen molar-refractivity contribution in [3.63, 3.8) is 0 Å². The predicted molar refractivity (Wildman–Crippen MR) is 116 cm³/mol. The number of aryl methyl sites for hydroxylation is 4. The van der Waals surface area contributed by atoms with Crippen LogP contribution in [-0.2, 0) is 24.8 Å². The summed E-state index contributed by atoms with van der Waals surface area (Å²) in [6, 6.07) is 5.82. The van der Waals surface area contributed by atoms with Crippen LogP contribution >= 0.6 is 11.6 Å². The van der Waals surface area contributed by atoms with Crippen LogP contribution in [0.3, 0.4) is 0 Å². The molecule has 3 rings (SSSR count). The van der Waals surface area contributed by atoms with E-state index in [1.807, 2.05) is 25.1 Å². The Labute approximate surface area is 180 Å². The van der Waals surface area contributed by atoms with Gasteiger partial charge in [-0.2, -0.15) is 10.2 Å². The highest BCUT2D eigenvalue weighted by molar-refractivity contribution is 6.31. The minimum atomic E-state index is -0.270. The Morgan fingerprint density at radius 3 is 2.70 bits per heavy atom. The molecule has 1 aromatic carbocycles. The smallest absolute Gasteiger partial charge is 0.248 e. The fourth-order valence-electron chi connectivity index (χ4n) is 3.01. The zero-order chi connectivity index (χ0) is 21.7. The molecule has 0 atom stereocenters. The van der Waals surface area contributed by atoms with Crippen molar-refractivity contribution >= 4 is 29.3 Å². The van der Waals surface area contributed by atoms with E-state index in [0.29, 0.717) is 28.9 Å². The summed E-state index contributed by atoms with van der Waals surface area (Å²) in [5, 5.41) is 11.8. The van der Waals surface area contributed by atoms with Gasteiger partial charge in [-0.3, -0.25) is 14.2 Å². The molecule has 0 radical (unpaired) electrons. The Hall–Kier alpha value is -3.26. The number of carbonyl (C=O) groups excluding carboxylic acids is 1. The summed E-state index contributed by atoms with van der Waals surface area (Å²) in [6.07, 6.45) is 7.24. The predicted octanol–water partition coefficient (Wildman–Crippen LogP) is 3.49. The van der Waals surface area contributed by atoms with Gasteiger partial charge in [0, 0.05) is 31.4 Å². The number of hydrogen-bond donors (Lipinski definition) is 1. The van der Waals surface area contributed by atoms with E-state index in [1.165, 1.54) is 6.08 Å². The van der Waals surface area contributed by atoms with Crippen molar-refractivity contribution < 1.29 is 14.3 Å². The number of nitrogens with one attached hydrogen (secondary N) is 1. The standard InChI is InChI=1S/C21H24ClN5O3/c1-14-17(21(22)26(2)25-14)6-8-20(28)24-16-12-23-27(13-16)10-9-15-5-7-18(29-3)19(11-15)30-4/h5-8,11-13H,9-10H2,1-4H3,(H,24,28)/b8-6+. The average Bonchev–Trinajstić information content (AvgIpc) is 3.28. The first-order chi connectivity index (χ1) is 14.4. The molecule has 0 aliphatic rings. The van der Waals surface area contributed by atoms with Crippen LogP contribution in [0.15, 0.2) is 36.7 Å². The fraction of sp³-hybridized carbons (Fsp3) is 0.286. The van der Waals surface area contributed by atoms with Crippen LogP contribution in [0.25, 0.3) is 6.08 Å². The molecule has 0 spiro atoms. The monoisotopic (exact) mass is 429 g/mol. The summed E-state index contributed by atoms with van der Waals surface area (Å²) in [4.78, 5) is 12.2. The second-order valence-electron chi connectivity index (χ2n) is 6.67. The van der Waals surface area contributed by atoms with Gasteiger partial charge in [0.2, 0.25) is 5.91 Å². The number of carbonyl (C=O) groups is 1. The second-order valence-corrected chi connectivity index (χ2v) is 7.03. The number of amides is 1. The van der Waals surface area contributed by atoms with Crippen molar-refractivity contribution in [3.8, 4) is 11.5 Å². The minimum absolute atomic E-state index is 0.270. The number of halogens is 1. The lowest BCUT2D eigenvalue weighted by Crippen LogP contribution is -2.07. The molecule has 0 aliphatic carbocycles. The maximum atomic E-state index is 12.2. The molecule has 0 saturated heterocycles. The Morgan fingerprint density at radius 1 is 1.27 bits per heavy atom. The van der Waals surface area contributed by atoms with Gasteiger partial charge in [0.15, 0.2) is 11.5 Å². The molecule has 0 aliphatic heterocycles. The number of benzene rings is 1. The Bertz CT molecular complexity index is 1070. The molecule has 2 aromatic heterocycles. The van der Waals surface area contributed by atoms with Gasteiger partial charge in [-0.1, -0.05) is 17.7 Å². The molecule has 30 heavy (non-hydrogen) atoms. The molecule has 0 fully saturated rings. The number of hydrogen-bond acceptors (Lipinski definition) is 5. The van der Waals surface area contributed by atoms with Crippen molar-refractivity contribution in [3.05, 3.63) is 58.6 Å². The summed E-state index contributed by atoms with van der Waals surface area (Å²) in [5.41, 5.74) is 3.20. The molecule has 1 N–H and O–H groups in total. The van der Waals surface area contributed by atoms with E-state index in [9.17, 15) is 4.79 Å².